The molecular weight excluding hydrogens is 324 g/mol. The van der Waals surface area contributed by atoms with Crippen LogP contribution in [0.15, 0.2) is 30.3 Å². The smallest absolute Gasteiger partial charge is 0.0185 e. The lowest BCUT2D eigenvalue weighted by molar-refractivity contribution is 0.0224. The van der Waals surface area contributed by atoms with Gasteiger partial charge in [-0.15, -0.1) is 0 Å². The Bertz CT molecular complexity index is 545. The minimum atomic E-state index is 0.483. The standard InChI is InChI=1S/C27H44/c1-22(23-14-8-5-9-15-23)20-27(4,25-18-12-7-13-19-25)21-26(2,3)24-16-10-6-11-17-24/h5,8-9,14-15,22,24-25H,6-7,10-13,16-21H2,1-4H3. The molecule has 0 saturated heterocycles. The van der Waals surface area contributed by atoms with Crippen LogP contribution in [0.5, 0.6) is 0 Å². The van der Waals surface area contributed by atoms with Gasteiger partial charge in [-0.3, -0.25) is 0 Å². The minimum Gasteiger partial charge on any atom is -0.0622 e. The van der Waals surface area contributed by atoms with Gasteiger partial charge in [0.15, 0.2) is 0 Å². The zero-order chi connectivity index (χ0) is 19.3. The SMILES string of the molecule is CC(CC(C)(CC(C)(C)C1CCCCC1)C1CCCCC1)c1ccccc1. The predicted molar refractivity (Wildman–Crippen MR) is 119 cm³/mol. The maximum Gasteiger partial charge on any atom is -0.0185 e. The van der Waals surface area contributed by atoms with Gasteiger partial charge in [0.25, 0.3) is 0 Å². The Balaban J connectivity index is 1.78. The van der Waals surface area contributed by atoms with E-state index in [-0.39, 0.29) is 0 Å². The zero-order valence-electron chi connectivity index (χ0n) is 18.6. The van der Waals surface area contributed by atoms with Crippen molar-refractivity contribution >= 4 is 0 Å². The van der Waals surface area contributed by atoms with Crippen LogP contribution in [0, 0.1) is 22.7 Å². The van der Waals surface area contributed by atoms with Crippen molar-refractivity contribution < 1.29 is 0 Å². The molecule has 1 aromatic rings. The Morgan fingerprint density at radius 2 is 1.30 bits per heavy atom. The largest absolute Gasteiger partial charge is 0.0622 e. The van der Waals surface area contributed by atoms with Gasteiger partial charge in [-0.1, -0.05) is 96.6 Å². The third kappa shape index (κ3) is 5.39. The molecule has 0 heteroatoms. The summed E-state index contributed by atoms with van der Waals surface area (Å²) >= 11 is 0. The average Bonchev–Trinajstić information content (AvgIpc) is 2.69. The first-order valence-electron chi connectivity index (χ1n) is 12.0. The van der Waals surface area contributed by atoms with Gasteiger partial charge < -0.3 is 0 Å². The highest BCUT2D eigenvalue weighted by molar-refractivity contribution is 5.19. The zero-order valence-corrected chi connectivity index (χ0v) is 18.6. The van der Waals surface area contributed by atoms with E-state index in [1.54, 1.807) is 0 Å². The van der Waals surface area contributed by atoms with Crippen LogP contribution < -0.4 is 0 Å². The van der Waals surface area contributed by atoms with Gasteiger partial charge in [0, 0.05) is 0 Å². The minimum absolute atomic E-state index is 0.483. The quantitative estimate of drug-likeness (QED) is 0.451. The number of hydrogen-bond acceptors (Lipinski definition) is 0. The fourth-order valence-electron chi connectivity index (χ4n) is 6.85. The predicted octanol–water partition coefficient (Wildman–Crippen LogP) is 8.76. The molecule has 2 atom stereocenters. The number of hydrogen-bond donors (Lipinski definition) is 0. The topological polar surface area (TPSA) is 0 Å². The Morgan fingerprint density at radius 3 is 1.85 bits per heavy atom. The first kappa shape index (κ1) is 20.9. The van der Waals surface area contributed by atoms with E-state index in [1.165, 1.54) is 82.6 Å². The third-order valence-corrected chi connectivity index (χ3v) is 8.30. The lowest BCUT2D eigenvalue weighted by Gasteiger charge is -2.49. The molecule has 0 spiro atoms. The van der Waals surface area contributed by atoms with Crippen molar-refractivity contribution in [2.75, 3.05) is 0 Å². The van der Waals surface area contributed by atoms with Crippen molar-refractivity contribution in [3.63, 3.8) is 0 Å². The van der Waals surface area contributed by atoms with E-state index in [9.17, 15) is 0 Å². The second-order valence-corrected chi connectivity index (χ2v) is 11.0. The lowest BCUT2D eigenvalue weighted by Crippen LogP contribution is -2.38. The molecular formula is C27H44. The fraction of sp³-hybridized carbons (Fsp3) is 0.778. The van der Waals surface area contributed by atoms with Crippen LogP contribution in [0.4, 0.5) is 0 Å². The van der Waals surface area contributed by atoms with Crippen molar-refractivity contribution in [3.05, 3.63) is 35.9 Å². The second-order valence-electron chi connectivity index (χ2n) is 11.0. The van der Waals surface area contributed by atoms with Crippen molar-refractivity contribution in [1.29, 1.82) is 0 Å². The van der Waals surface area contributed by atoms with Crippen LogP contribution in [0.25, 0.3) is 0 Å². The summed E-state index contributed by atoms with van der Waals surface area (Å²) in [6.45, 7) is 10.4. The highest BCUT2D eigenvalue weighted by Gasteiger charge is 2.43. The summed E-state index contributed by atoms with van der Waals surface area (Å²) in [7, 11) is 0. The first-order chi connectivity index (χ1) is 12.9. The molecule has 2 saturated carbocycles. The van der Waals surface area contributed by atoms with E-state index in [1.807, 2.05) is 0 Å². The normalized spacial score (nSPS) is 23.7. The van der Waals surface area contributed by atoms with Crippen LogP contribution in [0.3, 0.4) is 0 Å². The van der Waals surface area contributed by atoms with Crippen molar-refractivity contribution in [2.24, 2.45) is 22.7 Å². The summed E-state index contributed by atoms with van der Waals surface area (Å²) in [5, 5.41) is 0. The molecule has 2 fully saturated rings. The van der Waals surface area contributed by atoms with Gasteiger partial charge in [0.05, 0.1) is 0 Å². The summed E-state index contributed by atoms with van der Waals surface area (Å²) in [6.07, 6.45) is 17.5. The molecule has 3 rings (SSSR count). The molecule has 0 nitrogen and oxygen atoms in total. The van der Waals surface area contributed by atoms with E-state index in [0.717, 1.165) is 11.8 Å². The molecule has 0 radical (unpaired) electrons. The van der Waals surface area contributed by atoms with Crippen LogP contribution in [0.1, 0.15) is 116 Å². The van der Waals surface area contributed by atoms with Crippen LogP contribution >= 0.6 is 0 Å². The monoisotopic (exact) mass is 368 g/mol. The summed E-state index contributed by atoms with van der Waals surface area (Å²) in [4.78, 5) is 0. The average molecular weight is 369 g/mol. The molecule has 1 aromatic carbocycles. The number of rotatable bonds is 7. The second kappa shape index (κ2) is 9.15. The van der Waals surface area contributed by atoms with Crippen LogP contribution in [-0.2, 0) is 0 Å². The molecule has 0 aromatic heterocycles. The molecule has 2 aliphatic rings. The molecule has 0 heterocycles. The first-order valence-corrected chi connectivity index (χ1v) is 12.0. The Morgan fingerprint density at radius 1 is 0.778 bits per heavy atom. The Kier molecular flexibility index (Phi) is 7.09. The highest BCUT2D eigenvalue weighted by Crippen LogP contribution is 2.54. The van der Waals surface area contributed by atoms with Crippen LogP contribution in [0.2, 0.25) is 0 Å². The van der Waals surface area contributed by atoms with Gasteiger partial charge in [-0.25, -0.2) is 0 Å². The van der Waals surface area contributed by atoms with Crippen LogP contribution in [-0.4, -0.2) is 0 Å². The lowest BCUT2D eigenvalue weighted by atomic mass is 9.56. The molecule has 0 N–H and O–H groups in total. The molecule has 0 bridgehead atoms. The molecule has 2 unspecified atom stereocenters. The molecule has 2 aliphatic carbocycles. The molecule has 27 heavy (non-hydrogen) atoms. The van der Waals surface area contributed by atoms with Gasteiger partial charge >= 0.3 is 0 Å². The molecule has 0 aliphatic heterocycles. The van der Waals surface area contributed by atoms with E-state index in [2.05, 4.69) is 58.0 Å². The van der Waals surface area contributed by atoms with E-state index >= 15 is 0 Å². The summed E-state index contributed by atoms with van der Waals surface area (Å²) < 4.78 is 0. The summed E-state index contributed by atoms with van der Waals surface area (Å²) in [5.74, 6) is 2.54. The van der Waals surface area contributed by atoms with Gasteiger partial charge in [-0.05, 0) is 72.7 Å². The Labute approximate surface area is 169 Å². The van der Waals surface area contributed by atoms with E-state index in [4.69, 9.17) is 0 Å². The Hall–Kier alpha value is -0.780. The maximum atomic E-state index is 2.67. The van der Waals surface area contributed by atoms with Gasteiger partial charge in [0.1, 0.15) is 0 Å². The third-order valence-electron chi connectivity index (χ3n) is 8.30. The van der Waals surface area contributed by atoms with Crippen molar-refractivity contribution in [3.8, 4) is 0 Å². The number of benzene rings is 1. The highest BCUT2D eigenvalue weighted by atomic mass is 14.5. The molecule has 152 valence electrons. The van der Waals surface area contributed by atoms with Gasteiger partial charge in [0.2, 0.25) is 0 Å². The molecule has 0 amide bonds. The maximum absolute atomic E-state index is 2.67. The fourth-order valence-corrected chi connectivity index (χ4v) is 6.85. The summed E-state index contributed by atoms with van der Waals surface area (Å²) in [5.41, 5.74) is 2.51. The van der Waals surface area contributed by atoms with E-state index in [0.29, 0.717) is 16.7 Å². The van der Waals surface area contributed by atoms with E-state index < -0.39 is 0 Å². The van der Waals surface area contributed by atoms with Crippen molar-refractivity contribution in [2.45, 2.75) is 111 Å². The van der Waals surface area contributed by atoms with Crippen molar-refractivity contribution in [1.82, 2.24) is 0 Å². The van der Waals surface area contributed by atoms with Gasteiger partial charge in [-0.2, -0.15) is 0 Å². The summed E-state index contributed by atoms with van der Waals surface area (Å²) in [6, 6.07) is 11.3.